The number of nitrogens with zero attached hydrogens (tertiary/aromatic N) is 2. The first-order valence-electron chi connectivity index (χ1n) is 7.85. The average Bonchev–Trinajstić information content (AvgIpc) is 2.95. The third kappa shape index (κ3) is 2.64. The summed E-state index contributed by atoms with van der Waals surface area (Å²) in [5, 5.41) is 11.9. The lowest BCUT2D eigenvalue weighted by atomic mass is 10.1. The second-order valence-corrected chi connectivity index (χ2v) is 6.88. The fourth-order valence-corrected chi connectivity index (χ4v) is 3.44. The lowest BCUT2D eigenvalue weighted by molar-refractivity contribution is -0.140. The predicted octanol–water partition coefficient (Wildman–Crippen LogP) is 1.73. The minimum Gasteiger partial charge on any atom is -0.481 e. The molecule has 1 fully saturated rings. The summed E-state index contributed by atoms with van der Waals surface area (Å²) in [6.07, 6.45) is 0.490. The molecule has 3 rings (SSSR count). The third-order valence-corrected chi connectivity index (χ3v) is 4.96. The molecule has 1 aromatic carbocycles. The number of amides is 1. The number of aromatic nitrogens is 2. The van der Waals surface area contributed by atoms with Crippen LogP contribution in [0.1, 0.15) is 19.7 Å². The molecular formula is C17H20FN3O3. The van der Waals surface area contributed by atoms with Crippen LogP contribution in [0.2, 0.25) is 0 Å². The summed E-state index contributed by atoms with van der Waals surface area (Å²) in [6, 6.07) is 4.43. The molecule has 24 heavy (non-hydrogen) atoms. The number of aryl methyl sites for hydroxylation is 1. The maximum atomic E-state index is 13.3. The summed E-state index contributed by atoms with van der Waals surface area (Å²) in [4.78, 5) is 27.7. The Bertz CT molecular complexity index is 828. The summed E-state index contributed by atoms with van der Waals surface area (Å²) in [6.45, 7) is 3.93. The van der Waals surface area contributed by atoms with Crippen molar-refractivity contribution in [3.63, 3.8) is 0 Å². The smallest absolute Gasteiger partial charge is 0.307 e. The Labute approximate surface area is 138 Å². The molecule has 2 atom stereocenters. The van der Waals surface area contributed by atoms with Crippen LogP contribution in [0.3, 0.4) is 0 Å². The van der Waals surface area contributed by atoms with Gasteiger partial charge in [0.1, 0.15) is 11.6 Å². The second kappa shape index (κ2) is 5.58. The van der Waals surface area contributed by atoms with E-state index in [1.54, 1.807) is 19.9 Å². The highest BCUT2D eigenvalue weighted by molar-refractivity contribution is 5.91. The zero-order chi connectivity index (χ0) is 17.6. The Morgan fingerprint density at radius 1 is 1.38 bits per heavy atom. The van der Waals surface area contributed by atoms with Gasteiger partial charge in [-0.2, -0.15) is 0 Å². The van der Waals surface area contributed by atoms with Crippen LogP contribution >= 0.6 is 0 Å². The van der Waals surface area contributed by atoms with Crippen molar-refractivity contribution in [3.05, 3.63) is 29.8 Å². The van der Waals surface area contributed by atoms with Crippen LogP contribution in [-0.4, -0.2) is 33.1 Å². The molecule has 1 aliphatic carbocycles. The summed E-state index contributed by atoms with van der Waals surface area (Å²) < 4.78 is 15.1. The number of hydrogen-bond acceptors (Lipinski definition) is 3. The fourth-order valence-electron chi connectivity index (χ4n) is 3.44. The van der Waals surface area contributed by atoms with Gasteiger partial charge in [0.15, 0.2) is 0 Å². The van der Waals surface area contributed by atoms with Gasteiger partial charge in [0.2, 0.25) is 5.91 Å². The number of aliphatic carboxylic acids is 1. The molecular weight excluding hydrogens is 313 g/mol. The monoisotopic (exact) mass is 333 g/mol. The van der Waals surface area contributed by atoms with Crippen LogP contribution < -0.4 is 5.32 Å². The molecule has 128 valence electrons. The molecule has 1 saturated carbocycles. The topological polar surface area (TPSA) is 84.2 Å². The first-order valence-corrected chi connectivity index (χ1v) is 7.85. The Morgan fingerprint density at radius 3 is 2.71 bits per heavy atom. The lowest BCUT2D eigenvalue weighted by Gasteiger charge is -2.06. The van der Waals surface area contributed by atoms with Crippen LogP contribution in [-0.2, 0) is 23.1 Å². The van der Waals surface area contributed by atoms with Crippen LogP contribution in [0.15, 0.2) is 18.2 Å². The molecule has 0 spiro atoms. The fraction of sp³-hybridized carbons (Fsp3) is 0.471. The van der Waals surface area contributed by atoms with Crippen molar-refractivity contribution in [2.24, 2.45) is 24.3 Å². The van der Waals surface area contributed by atoms with Gasteiger partial charge in [0, 0.05) is 26.1 Å². The largest absolute Gasteiger partial charge is 0.481 e. The van der Waals surface area contributed by atoms with E-state index in [-0.39, 0.29) is 11.7 Å². The molecule has 0 bridgehead atoms. The zero-order valence-electron chi connectivity index (χ0n) is 13.8. The maximum absolute atomic E-state index is 13.3. The molecule has 2 aromatic rings. The van der Waals surface area contributed by atoms with Crippen molar-refractivity contribution in [1.29, 1.82) is 0 Å². The molecule has 1 amide bonds. The van der Waals surface area contributed by atoms with Gasteiger partial charge < -0.3 is 15.0 Å². The van der Waals surface area contributed by atoms with E-state index in [9.17, 15) is 14.0 Å². The number of halogens is 1. The van der Waals surface area contributed by atoms with Crippen molar-refractivity contribution in [1.82, 2.24) is 14.9 Å². The molecule has 1 heterocycles. The summed E-state index contributed by atoms with van der Waals surface area (Å²) in [7, 11) is 1.84. The van der Waals surface area contributed by atoms with E-state index in [2.05, 4.69) is 10.3 Å². The second-order valence-electron chi connectivity index (χ2n) is 6.88. The van der Waals surface area contributed by atoms with Gasteiger partial charge in [0.25, 0.3) is 0 Å². The van der Waals surface area contributed by atoms with E-state index in [0.29, 0.717) is 18.5 Å². The van der Waals surface area contributed by atoms with Gasteiger partial charge in [-0.25, -0.2) is 9.37 Å². The normalized spacial score (nSPS) is 21.7. The Hall–Kier alpha value is -2.44. The van der Waals surface area contributed by atoms with Crippen LogP contribution in [0.5, 0.6) is 0 Å². The number of nitrogens with one attached hydrogen (secondary N) is 1. The van der Waals surface area contributed by atoms with E-state index >= 15 is 0 Å². The number of imidazole rings is 1. The molecule has 1 aromatic heterocycles. The summed E-state index contributed by atoms with van der Waals surface area (Å²) in [5.74, 6) is -1.90. The van der Waals surface area contributed by atoms with Crippen molar-refractivity contribution >= 4 is 22.9 Å². The van der Waals surface area contributed by atoms with Gasteiger partial charge in [-0.05, 0) is 17.5 Å². The Morgan fingerprint density at radius 2 is 2.08 bits per heavy atom. The van der Waals surface area contributed by atoms with E-state index in [0.717, 1.165) is 11.3 Å². The number of fused-ring (bicyclic) bond motifs is 1. The quantitative estimate of drug-likeness (QED) is 0.873. The molecule has 1 aliphatic rings. The number of carboxylic acids is 1. The zero-order valence-corrected chi connectivity index (χ0v) is 13.8. The minimum atomic E-state index is -0.933. The van der Waals surface area contributed by atoms with Crippen molar-refractivity contribution in [2.75, 3.05) is 6.54 Å². The Balaban J connectivity index is 1.62. The van der Waals surface area contributed by atoms with Crippen LogP contribution in [0, 0.1) is 23.1 Å². The van der Waals surface area contributed by atoms with Gasteiger partial charge in [0.05, 0.1) is 22.9 Å². The number of carboxylic acid groups (broad SMARTS) is 1. The highest BCUT2D eigenvalue weighted by Crippen LogP contribution is 2.58. The van der Waals surface area contributed by atoms with Crippen LogP contribution in [0.4, 0.5) is 4.39 Å². The number of benzene rings is 1. The molecule has 0 aliphatic heterocycles. The molecule has 0 radical (unpaired) electrons. The van der Waals surface area contributed by atoms with Crippen molar-refractivity contribution < 1.29 is 19.1 Å². The lowest BCUT2D eigenvalue weighted by Crippen LogP contribution is -2.29. The van der Waals surface area contributed by atoms with Crippen LogP contribution in [0.25, 0.3) is 11.0 Å². The number of carbonyl (C=O) groups excluding carboxylic acids is 1. The van der Waals surface area contributed by atoms with E-state index in [1.165, 1.54) is 12.1 Å². The van der Waals surface area contributed by atoms with Gasteiger partial charge in [-0.15, -0.1) is 0 Å². The molecule has 0 unspecified atom stereocenters. The molecule has 2 N–H and O–H groups in total. The van der Waals surface area contributed by atoms with E-state index < -0.39 is 23.2 Å². The number of rotatable bonds is 5. The molecule has 0 saturated heterocycles. The van der Waals surface area contributed by atoms with E-state index in [1.807, 2.05) is 11.6 Å². The first kappa shape index (κ1) is 16.4. The summed E-state index contributed by atoms with van der Waals surface area (Å²) in [5.41, 5.74) is 0.894. The van der Waals surface area contributed by atoms with Gasteiger partial charge in [-0.3, -0.25) is 9.59 Å². The molecule has 7 heteroatoms. The maximum Gasteiger partial charge on any atom is 0.307 e. The molecule has 6 nitrogen and oxygen atoms in total. The highest BCUT2D eigenvalue weighted by Gasteiger charge is 2.65. The summed E-state index contributed by atoms with van der Waals surface area (Å²) >= 11 is 0. The average molecular weight is 333 g/mol. The Kier molecular flexibility index (Phi) is 3.81. The van der Waals surface area contributed by atoms with E-state index in [4.69, 9.17) is 5.11 Å². The number of hydrogen-bond donors (Lipinski definition) is 2. The minimum absolute atomic E-state index is 0.239. The third-order valence-electron chi connectivity index (χ3n) is 4.96. The van der Waals surface area contributed by atoms with Crippen molar-refractivity contribution in [3.8, 4) is 0 Å². The van der Waals surface area contributed by atoms with Gasteiger partial charge in [-0.1, -0.05) is 13.8 Å². The van der Waals surface area contributed by atoms with Gasteiger partial charge >= 0.3 is 5.97 Å². The SMILES string of the molecule is Cn1c(CCNC(=O)[C@@H]2[C@H](C(=O)O)C2(C)C)nc2cc(F)ccc21. The standard InChI is InChI=1S/C17H20FN3O3/c1-17(2)13(14(17)16(23)24)15(22)19-7-6-12-20-10-8-9(18)4-5-11(10)21(12)3/h4-5,8,13-14H,6-7H2,1-3H3,(H,19,22)(H,23,24)/t13-,14+/m0/s1. The van der Waals surface area contributed by atoms with Crippen molar-refractivity contribution in [2.45, 2.75) is 20.3 Å². The predicted molar refractivity (Wildman–Crippen MR) is 85.8 cm³/mol. The number of carbonyl (C=O) groups is 2. The highest BCUT2D eigenvalue weighted by atomic mass is 19.1. The first-order chi connectivity index (χ1) is 11.2.